The van der Waals surface area contributed by atoms with E-state index in [9.17, 15) is 19.2 Å². The van der Waals surface area contributed by atoms with Crippen molar-refractivity contribution in [3.05, 3.63) is 70.1 Å². The van der Waals surface area contributed by atoms with Crippen LogP contribution in [0.25, 0.3) is 20.8 Å². The molecule has 4 aromatic rings. The summed E-state index contributed by atoms with van der Waals surface area (Å²) in [5, 5.41) is 3.37. The van der Waals surface area contributed by atoms with Crippen LogP contribution in [0.15, 0.2) is 48.5 Å². The molecular weight excluding hydrogens is 540 g/mol. The molecule has 0 saturated carbocycles. The van der Waals surface area contributed by atoms with Gasteiger partial charge in [-0.25, -0.2) is 19.4 Å². The number of hydrogen-bond acceptors (Lipinski definition) is 10. The molecule has 202 valence electrons. The van der Waals surface area contributed by atoms with E-state index < -0.39 is 29.9 Å². The number of thiazole rings is 1. The molecule has 4 rings (SSSR count). The Morgan fingerprint density at radius 2 is 1.56 bits per heavy atom. The van der Waals surface area contributed by atoms with Crippen molar-refractivity contribution < 1.29 is 33.4 Å². The number of carbonyl (C=O) groups excluding carboxylic acids is 4. The third kappa shape index (κ3) is 5.99. The normalized spacial score (nSPS) is 11.6. The Kier molecular flexibility index (Phi) is 8.72. The molecule has 1 unspecified atom stereocenters. The topological polar surface area (TPSA) is 121 Å². The Labute approximate surface area is 232 Å². The minimum Gasteiger partial charge on any atom is -0.462 e. The number of benzene rings is 2. The van der Waals surface area contributed by atoms with Gasteiger partial charge < -0.3 is 19.5 Å². The molecular formula is C28H26N2O7S2. The van der Waals surface area contributed by atoms with Gasteiger partial charge in [-0.2, -0.15) is 0 Å². The first-order valence-electron chi connectivity index (χ1n) is 12.2. The van der Waals surface area contributed by atoms with Gasteiger partial charge in [-0.15, -0.1) is 22.7 Å². The van der Waals surface area contributed by atoms with Gasteiger partial charge >= 0.3 is 17.9 Å². The number of ether oxygens (including phenoxy) is 3. The van der Waals surface area contributed by atoms with E-state index in [0.717, 1.165) is 21.6 Å². The minimum absolute atomic E-state index is 0.0537. The summed E-state index contributed by atoms with van der Waals surface area (Å²) < 4.78 is 16.7. The number of esters is 3. The van der Waals surface area contributed by atoms with Crippen LogP contribution in [0.5, 0.6) is 0 Å². The molecule has 2 aromatic heterocycles. The Morgan fingerprint density at radius 1 is 0.897 bits per heavy atom. The smallest absolute Gasteiger partial charge is 0.348 e. The molecule has 0 spiro atoms. The Morgan fingerprint density at radius 3 is 2.28 bits per heavy atom. The standard InChI is InChI=1S/C28H26N2O7S2/c1-5-35-27(33)21-15(3)22(28(34)36-6-2)39-25(21)30-23(31)16(4)37-26(32)18-12-8-7-11-17(18)24-29-19-13-9-10-14-20(19)38-24/h7-14,16H,5-6H2,1-4H3,(H,30,31). The first kappa shape index (κ1) is 27.9. The maximum Gasteiger partial charge on any atom is 0.348 e. The average molecular weight is 567 g/mol. The summed E-state index contributed by atoms with van der Waals surface area (Å²) in [6, 6.07) is 14.5. The molecule has 0 fully saturated rings. The lowest BCUT2D eigenvalue weighted by Crippen LogP contribution is -2.30. The summed E-state index contributed by atoms with van der Waals surface area (Å²) in [6.45, 7) is 6.58. The zero-order chi connectivity index (χ0) is 28.1. The largest absolute Gasteiger partial charge is 0.462 e. The van der Waals surface area contributed by atoms with E-state index in [1.54, 1.807) is 45.0 Å². The van der Waals surface area contributed by atoms with Crippen molar-refractivity contribution >= 4 is 61.7 Å². The quantitative estimate of drug-likeness (QED) is 0.197. The first-order chi connectivity index (χ1) is 18.7. The molecule has 0 saturated heterocycles. The summed E-state index contributed by atoms with van der Waals surface area (Å²) in [5.41, 5.74) is 2.06. The fourth-order valence-electron chi connectivity index (χ4n) is 3.77. The molecule has 1 N–H and O–H groups in total. The number of nitrogens with zero attached hydrogens (tertiary/aromatic N) is 1. The molecule has 2 heterocycles. The Balaban J connectivity index is 1.55. The summed E-state index contributed by atoms with van der Waals surface area (Å²) in [7, 11) is 0. The molecule has 11 heteroatoms. The molecule has 9 nitrogen and oxygen atoms in total. The van der Waals surface area contributed by atoms with Crippen molar-refractivity contribution in [1.82, 2.24) is 4.98 Å². The highest BCUT2D eigenvalue weighted by Gasteiger charge is 2.29. The average Bonchev–Trinajstić information content (AvgIpc) is 3.49. The van der Waals surface area contributed by atoms with E-state index >= 15 is 0 Å². The fourth-order valence-corrected chi connectivity index (χ4v) is 5.86. The van der Waals surface area contributed by atoms with Gasteiger partial charge in [0, 0.05) is 5.56 Å². The van der Waals surface area contributed by atoms with Gasteiger partial charge in [-0.1, -0.05) is 30.3 Å². The van der Waals surface area contributed by atoms with Crippen LogP contribution < -0.4 is 5.32 Å². The van der Waals surface area contributed by atoms with Crippen molar-refractivity contribution in [2.75, 3.05) is 18.5 Å². The predicted molar refractivity (Wildman–Crippen MR) is 150 cm³/mol. The first-order valence-corrected chi connectivity index (χ1v) is 13.8. The second-order valence-electron chi connectivity index (χ2n) is 8.27. The number of rotatable bonds is 9. The van der Waals surface area contributed by atoms with Crippen LogP contribution in [-0.4, -0.2) is 48.1 Å². The lowest BCUT2D eigenvalue weighted by molar-refractivity contribution is -0.123. The van der Waals surface area contributed by atoms with Crippen molar-refractivity contribution in [1.29, 1.82) is 0 Å². The number of carbonyl (C=O) groups is 4. The van der Waals surface area contributed by atoms with E-state index in [1.165, 1.54) is 18.3 Å². The third-order valence-electron chi connectivity index (χ3n) is 5.65. The van der Waals surface area contributed by atoms with E-state index in [4.69, 9.17) is 14.2 Å². The number of hydrogen-bond donors (Lipinski definition) is 1. The maximum atomic E-state index is 13.1. The summed E-state index contributed by atoms with van der Waals surface area (Å²) in [5.74, 6) is -2.68. The van der Waals surface area contributed by atoms with Gasteiger partial charge in [0.25, 0.3) is 5.91 Å². The third-order valence-corrected chi connectivity index (χ3v) is 7.91. The second-order valence-corrected chi connectivity index (χ2v) is 10.3. The summed E-state index contributed by atoms with van der Waals surface area (Å²) >= 11 is 2.34. The molecule has 39 heavy (non-hydrogen) atoms. The molecule has 0 aliphatic carbocycles. The molecule has 0 bridgehead atoms. The second kappa shape index (κ2) is 12.2. The molecule has 0 radical (unpaired) electrons. The number of amides is 1. The molecule has 0 aliphatic rings. The number of nitrogens with one attached hydrogen (secondary N) is 1. The SMILES string of the molecule is CCOC(=O)c1sc(NC(=O)C(C)OC(=O)c2ccccc2-c2nc3ccccc3s2)c(C(=O)OCC)c1C. The zero-order valence-electron chi connectivity index (χ0n) is 21.7. The van der Waals surface area contributed by atoms with E-state index in [-0.39, 0.29) is 34.2 Å². The lowest BCUT2D eigenvalue weighted by atomic mass is 10.1. The maximum absolute atomic E-state index is 13.1. The van der Waals surface area contributed by atoms with Crippen molar-refractivity contribution in [2.24, 2.45) is 0 Å². The van der Waals surface area contributed by atoms with Gasteiger partial charge in [0.15, 0.2) is 6.10 Å². The van der Waals surface area contributed by atoms with E-state index in [2.05, 4.69) is 10.3 Å². The summed E-state index contributed by atoms with van der Waals surface area (Å²) in [4.78, 5) is 56.0. The number of fused-ring (bicyclic) bond motifs is 1. The van der Waals surface area contributed by atoms with Crippen LogP contribution in [0.1, 0.15) is 56.7 Å². The van der Waals surface area contributed by atoms with Crippen LogP contribution in [0, 0.1) is 6.92 Å². The molecule has 0 aliphatic heterocycles. The van der Waals surface area contributed by atoms with Crippen molar-refractivity contribution in [2.45, 2.75) is 33.8 Å². The van der Waals surface area contributed by atoms with Gasteiger partial charge in [-0.05, 0) is 51.5 Å². The summed E-state index contributed by atoms with van der Waals surface area (Å²) in [6.07, 6.45) is -1.22. The number of anilines is 1. The van der Waals surface area contributed by atoms with E-state index in [0.29, 0.717) is 16.1 Å². The highest BCUT2D eigenvalue weighted by Crippen LogP contribution is 2.35. The van der Waals surface area contributed by atoms with Gasteiger partial charge in [-0.3, -0.25) is 4.79 Å². The van der Waals surface area contributed by atoms with Crippen LogP contribution in [0.2, 0.25) is 0 Å². The predicted octanol–water partition coefficient (Wildman–Crippen LogP) is 5.87. The number of aromatic nitrogens is 1. The zero-order valence-corrected chi connectivity index (χ0v) is 23.4. The minimum atomic E-state index is -1.22. The van der Waals surface area contributed by atoms with Gasteiger partial charge in [0.2, 0.25) is 0 Å². The van der Waals surface area contributed by atoms with Crippen LogP contribution >= 0.6 is 22.7 Å². The van der Waals surface area contributed by atoms with Crippen LogP contribution in [0.3, 0.4) is 0 Å². The Bertz CT molecular complexity index is 1520. The van der Waals surface area contributed by atoms with Gasteiger partial charge in [0.1, 0.15) is 14.9 Å². The van der Waals surface area contributed by atoms with Gasteiger partial charge in [0.05, 0.1) is 34.6 Å². The van der Waals surface area contributed by atoms with Crippen LogP contribution in [-0.2, 0) is 19.0 Å². The van der Waals surface area contributed by atoms with Crippen LogP contribution in [0.4, 0.5) is 5.00 Å². The fraction of sp³-hybridized carbons (Fsp3) is 0.250. The Hall–Kier alpha value is -4.09. The molecule has 1 amide bonds. The van der Waals surface area contributed by atoms with E-state index in [1.807, 2.05) is 24.3 Å². The van der Waals surface area contributed by atoms with Crippen molar-refractivity contribution in [3.63, 3.8) is 0 Å². The van der Waals surface area contributed by atoms with Crippen molar-refractivity contribution in [3.8, 4) is 10.6 Å². The highest BCUT2D eigenvalue weighted by molar-refractivity contribution is 7.21. The molecule has 2 aromatic carbocycles. The highest BCUT2D eigenvalue weighted by atomic mass is 32.1. The molecule has 1 atom stereocenters. The number of para-hydroxylation sites is 1. The number of thiophene rings is 1. The monoisotopic (exact) mass is 566 g/mol. The lowest BCUT2D eigenvalue weighted by Gasteiger charge is -2.15.